The average molecular weight is 352 g/mol. The van der Waals surface area contributed by atoms with Gasteiger partial charge in [0.05, 0.1) is 0 Å². The lowest BCUT2D eigenvalue weighted by Crippen LogP contribution is -2.45. The number of hydrogen-bond acceptors (Lipinski definition) is 3. The molecule has 4 rings (SSSR count). The van der Waals surface area contributed by atoms with Crippen molar-refractivity contribution >= 4 is 22.4 Å². The monoisotopic (exact) mass is 351 g/mol. The quantitative estimate of drug-likeness (QED) is 0.702. The molecule has 1 aliphatic rings. The lowest BCUT2D eigenvalue weighted by atomic mass is 10.1. The lowest BCUT2D eigenvalue weighted by Gasteiger charge is -2.35. The zero-order valence-corrected chi connectivity index (χ0v) is 15.0. The molecule has 0 aliphatic carbocycles. The first-order valence-electron chi connectivity index (χ1n) is 8.79. The van der Waals surface area contributed by atoms with E-state index in [1.165, 1.54) is 21.9 Å². The number of pyridine rings is 1. The summed E-state index contributed by atoms with van der Waals surface area (Å²) in [6.07, 6.45) is 3.83. The highest BCUT2D eigenvalue weighted by atomic mass is 35.5. The molecule has 25 heavy (non-hydrogen) atoms. The van der Waals surface area contributed by atoms with E-state index < -0.39 is 0 Å². The molecule has 0 N–H and O–H groups in total. The van der Waals surface area contributed by atoms with Crippen molar-refractivity contribution in [2.45, 2.75) is 13.1 Å². The smallest absolute Gasteiger partial charge is 0.0409 e. The summed E-state index contributed by atoms with van der Waals surface area (Å²) in [6, 6.07) is 16.8. The maximum atomic E-state index is 6.09. The van der Waals surface area contributed by atoms with Gasteiger partial charge >= 0.3 is 0 Å². The summed E-state index contributed by atoms with van der Waals surface area (Å²) in [5.41, 5.74) is 2.69. The largest absolute Gasteiger partial charge is 0.297 e. The molecule has 0 saturated carbocycles. The van der Waals surface area contributed by atoms with Gasteiger partial charge in [-0.25, -0.2) is 0 Å². The summed E-state index contributed by atoms with van der Waals surface area (Å²) in [5.74, 6) is 0. The number of piperazine rings is 1. The van der Waals surface area contributed by atoms with Crippen LogP contribution >= 0.6 is 11.6 Å². The first kappa shape index (κ1) is 16.5. The molecular weight excluding hydrogens is 330 g/mol. The molecule has 1 saturated heterocycles. The molecule has 4 heteroatoms. The van der Waals surface area contributed by atoms with E-state index >= 15 is 0 Å². The van der Waals surface area contributed by atoms with Gasteiger partial charge in [-0.3, -0.25) is 14.8 Å². The van der Waals surface area contributed by atoms with E-state index in [1.807, 2.05) is 24.5 Å². The van der Waals surface area contributed by atoms with Crippen LogP contribution in [0.1, 0.15) is 11.1 Å². The van der Waals surface area contributed by atoms with Gasteiger partial charge in [0.15, 0.2) is 0 Å². The minimum Gasteiger partial charge on any atom is -0.297 e. The highest BCUT2D eigenvalue weighted by Gasteiger charge is 2.17. The molecule has 0 atom stereocenters. The van der Waals surface area contributed by atoms with Crippen LogP contribution in [0, 0.1) is 0 Å². The topological polar surface area (TPSA) is 19.4 Å². The summed E-state index contributed by atoms with van der Waals surface area (Å²) in [4.78, 5) is 9.28. The van der Waals surface area contributed by atoms with Crippen LogP contribution in [-0.2, 0) is 13.1 Å². The molecule has 0 unspecified atom stereocenters. The Bertz CT molecular complexity index is 851. The fourth-order valence-corrected chi connectivity index (χ4v) is 3.78. The third-order valence-corrected chi connectivity index (χ3v) is 5.16. The molecule has 1 aromatic heterocycles. The Labute approximate surface area is 153 Å². The molecule has 3 aromatic rings. The number of hydrogen-bond donors (Lipinski definition) is 0. The van der Waals surface area contributed by atoms with E-state index in [2.05, 4.69) is 51.2 Å². The van der Waals surface area contributed by atoms with Gasteiger partial charge in [0.2, 0.25) is 0 Å². The SMILES string of the molecule is Clc1cccc(CN2CCN(Cc3cccc4cnccc34)CC2)c1. The van der Waals surface area contributed by atoms with Crippen LogP contribution < -0.4 is 0 Å². The normalized spacial score (nSPS) is 16.4. The number of aromatic nitrogens is 1. The van der Waals surface area contributed by atoms with Gasteiger partial charge in [-0.05, 0) is 34.7 Å². The Morgan fingerprint density at radius 2 is 1.64 bits per heavy atom. The number of fused-ring (bicyclic) bond motifs is 1. The van der Waals surface area contributed by atoms with Gasteiger partial charge in [0.25, 0.3) is 0 Å². The molecule has 0 spiro atoms. The lowest BCUT2D eigenvalue weighted by molar-refractivity contribution is 0.122. The zero-order chi connectivity index (χ0) is 17.1. The van der Waals surface area contributed by atoms with Gasteiger partial charge < -0.3 is 0 Å². The second-order valence-electron chi connectivity index (χ2n) is 6.70. The maximum absolute atomic E-state index is 6.09. The molecule has 128 valence electrons. The highest BCUT2D eigenvalue weighted by molar-refractivity contribution is 6.30. The van der Waals surface area contributed by atoms with Crippen molar-refractivity contribution in [2.24, 2.45) is 0 Å². The predicted octanol–water partition coefficient (Wildman–Crippen LogP) is 4.21. The van der Waals surface area contributed by atoms with Gasteiger partial charge in [-0.2, -0.15) is 0 Å². The molecule has 3 nitrogen and oxygen atoms in total. The van der Waals surface area contributed by atoms with Crippen LogP contribution in [0.4, 0.5) is 0 Å². The van der Waals surface area contributed by atoms with E-state index in [0.717, 1.165) is 44.3 Å². The number of rotatable bonds is 4. The predicted molar refractivity (Wildman–Crippen MR) is 104 cm³/mol. The summed E-state index contributed by atoms with van der Waals surface area (Å²) < 4.78 is 0. The third-order valence-electron chi connectivity index (χ3n) is 4.93. The summed E-state index contributed by atoms with van der Waals surface area (Å²) in [5, 5.41) is 3.36. The Hall–Kier alpha value is -1.94. The molecule has 0 bridgehead atoms. The van der Waals surface area contributed by atoms with E-state index in [0.29, 0.717) is 0 Å². The van der Waals surface area contributed by atoms with Crippen LogP contribution in [0.25, 0.3) is 10.8 Å². The van der Waals surface area contributed by atoms with E-state index in [9.17, 15) is 0 Å². The van der Waals surface area contributed by atoms with Gasteiger partial charge in [-0.15, -0.1) is 0 Å². The molecule has 2 aromatic carbocycles. The standard InChI is InChI=1S/C21H22ClN3/c22-20-6-1-3-17(13-20)15-24-9-11-25(12-10-24)16-19-5-2-4-18-14-23-8-7-21(18)19/h1-8,13-14H,9-12,15-16H2. The molecule has 0 radical (unpaired) electrons. The Morgan fingerprint density at radius 3 is 2.44 bits per heavy atom. The summed E-state index contributed by atoms with van der Waals surface area (Å²) in [6.45, 7) is 6.38. The van der Waals surface area contributed by atoms with E-state index in [4.69, 9.17) is 11.6 Å². The van der Waals surface area contributed by atoms with Crippen LogP contribution in [0.3, 0.4) is 0 Å². The summed E-state index contributed by atoms with van der Waals surface area (Å²) in [7, 11) is 0. The first-order valence-corrected chi connectivity index (χ1v) is 9.16. The Kier molecular flexibility index (Phi) is 4.97. The second-order valence-corrected chi connectivity index (χ2v) is 7.13. The van der Waals surface area contributed by atoms with Crippen LogP contribution in [0.2, 0.25) is 5.02 Å². The second kappa shape index (κ2) is 7.52. The average Bonchev–Trinajstić information content (AvgIpc) is 2.64. The minimum absolute atomic E-state index is 0.821. The van der Waals surface area contributed by atoms with Crippen molar-refractivity contribution in [3.8, 4) is 0 Å². The number of halogens is 1. The number of benzene rings is 2. The van der Waals surface area contributed by atoms with Gasteiger partial charge in [-0.1, -0.05) is 41.9 Å². The molecule has 2 heterocycles. The van der Waals surface area contributed by atoms with Crippen molar-refractivity contribution in [1.82, 2.24) is 14.8 Å². The third kappa shape index (κ3) is 4.01. The van der Waals surface area contributed by atoms with E-state index in [-0.39, 0.29) is 0 Å². The van der Waals surface area contributed by atoms with E-state index in [1.54, 1.807) is 0 Å². The van der Waals surface area contributed by atoms with Crippen LogP contribution in [0.15, 0.2) is 60.9 Å². The van der Waals surface area contributed by atoms with Gasteiger partial charge in [0, 0.05) is 62.1 Å². The molecule has 1 fully saturated rings. The maximum Gasteiger partial charge on any atom is 0.0409 e. The number of nitrogens with zero attached hydrogens (tertiary/aromatic N) is 3. The van der Waals surface area contributed by atoms with Crippen LogP contribution in [-0.4, -0.2) is 41.0 Å². The van der Waals surface area contributed by atoms with Crippen molar-refractivity contribution in [1.29, 1.82) is 0 Å². The fourth-order valence-electron chi connectivity index (χ4n) is 3.57. The van der Waals surface area contributed by atoms with Crippen molar-refractivity contribution in [3.05, 3.63) is 77.1 Å². The Morgan fingerprint density at radius 1 is 0.880 bits per heavy atom. The fraction of sp³-hybridized carbons (Fsp3) is 0.286. The highest BCUT2D eigenvalue weighted by Crippen LogP contribution is 2.20. The molecule has 0 amide bonds. The zero-order valence-electron chi connectivity index (χ0n) is 14.2. The Balaban J connectivity index is 1.37. The van der Waals surface area contributed by atoms with Crippen molar-refractivity contribution < 1.29 is 0 Å². The summed E-state index contributed by atoms with van der Waals surface area (Å²) >= 11 is 6.09. The van der Waals surface area contributed by atoms with Gasteiger partial charge in [0.1, 0.15) is 0 Å². The minimum atomic E-state index is 0.821. The first-order chi connectivity index (χ1) is 12.3. The van der Waals surface area contributed by atoms with Crippen molar-refractivity contribution in [3.63, 3.8) is 0 Å². The van der Waals surface area contributed by atoms with Crippen LogP contribution in [0.5, 0.6) is 0 Å². The molecule has 1 aliphatic heterocycles. The molecular formula is C21H22ClN3. The van der Waals surface area contributed by atoms with Crippen molar-refractivity contribution in [2.75, 3.05) is 26.2 Å².